The number of hydrogen-bond donors (Lipinski definition) is 0. The maximum Gasteiger partial charge on any atom is 0.117 e. The Morgan fingerprint density at radius 1 is 1.33 bits per heavy atom. The number of ether oxygens (including phenoxy) is 1. The second-order valence-electron chi connectivity index (χ2n) is 6.43. The number of furan rings is 1. The van der Waals surface area contributed by atoms with Gasteiger partial charge in [-0.05, 0) is 50.4 Å². The maximum atomic E-state index is 5.56. The molecule has 2 atom stereocenters. The zero-order chi connectivity index (χ0) is 14.5. The van der Waals surface area contributed by atoms with Gasteiger partial charge in [-0.2, -0.15) is 0 Å². The van der Waals surface area contributed by atoms with Crippen LogP contribution in [0.1, 0.15) is 31.9 Å². The third-order valence-electron chi connectivity index (χ3n) is 4.87. The molecule has 0 radical (unpaired) electrons. The Hall–Kier alpha value is -0.840. The van der Waals surface area contributed by atoms with Gasteiger partial charge < -0.3 is 9.15 Å². The SMILES string of the molecule is CCN1CCCC1CN(Cc1ccco1)CC1CCOC1. The minimum absolute atomic E-state index is 0.691. The minimum Gasteiger partial charge on any atom is -0.468 e. The fourth-order valence-corrected chi connectivity index (χ4v) is 3.74. The van der Waals surface area contributed by atoms with Gasteiger partial charge in [-0.3, -0.25) is 9.80 Å². The van der Waals surface area contributed by atoms with E-state index < -0.39 is 0 Å². The summed E-state index contributed by atoms with van der Waals surface area (Å²) >= 11 is 0. The van der Waals surface area contributed by atoms with Gasteiger partial charge in [-0.1, -0.05) is 6.92 Å². The Labute approximate surface area is 128 Å². The predicted octanol–water partition coefficient (Wildman–Crippen LogP) is 2.60. The van der Waals surface area contributed by atoms with Crippen LogP contribution in [-0.2, 0) is 11.3 Å². The van der Waals surface area contributed by atoms with Crippen LogP contribution in [0, 0.1) is 5.92 Å². The number of likely N-dealkylation sites (N-methyl/N-ethyl adjacent to an activating group) is 1. The fraction of sp³-hybridized carbons (Fsp3) is 0.765. The van der Waals surface area contributed by atoms with Crippen LogP contribution in [0.5, 0.6) is 0 Å². The molecule has 4 heteroatoms. The van der Waals surface area contributed by atoms with Crippen LogP contribution in [0.25, 0.3) is 0 Å². The van der Waals surface area contributed by atoms with Crippen LogP contribution in [-0.4, -0.2) is 55.2 Å². The monoisotopic (exact) mass is 292 g/mol. The van der Waals surface area contributed by atoms with Gasteiger partial charge in [0.2, 0.25) is 0 Å². The van der Waals surface area contributed by atoms with E-state index >= 15 is 0 Å². The summed E-state index contributed by atoms with van der Waals surface area (Å²) in [6.45, 7) is 9.80. The summed E-state index contributed by atoms with van der Waals surface area (Å²) < 4.78 is 11.1. The molecule has 0 aromatic carbocycles. The minimum atomic E-state index is 0.691. The van der Waals surface area contributed by atoms with Gasteiger partial charge >= 0.3 is 0 Å². The summed E-state index contributed by atoms with van der Waals surface area (Å²) in [6.07, 6.45) is 5.67. The van der Waals surface area contributed by atoms with E-state index in [-0.39, 0.29) is 0 Å². The Morgan fingerprint density at radius 3 is 3.00 bits per heavy atom. The molecule has 0 spiro atoms. The Kier molecular flexibility index (Phi) is 5.33. The van der Waals surface area contributed by atoms with E-state index in [9.17, 15) is 0 Å². The van der Waals surface area contributed by atoms with Crippen LogP contribution in [0.4, 0.5) is 0 Å². The molecule has 3 rings (SSSR count). The van der Waals surface area contributed by atoms with Gasteiger partial charge in [0.25, 0.3) is 0 Å². The molecular weight excluding hydrogens is 264 g/mol. The van der Waals surface area contributed by atoms with Gasteiger partial charge in [-0.25, -0.2) is 0 Å². The summed E-state index contributed by atoms with van der Waals surface area (Å²) in [5.41, 5.74) is 0. The first-order valence-corrected chi connectivity index (χ1v) is 8.41. The highest BCUT2D eigenvalue weighted by molar-refractivity contribution is 4.98. The number of likely N-dealkylation sites (tertiary alicyclic amines) is 1. The normalized spacial score (nSPS) is 27.0. The van der Waals surface area contributed by atoms with Crippen molar-refractivity contribution in [1.29, 1.82) is 0 Å². The molecule has 21 heavy (non-hydrogen) atoms. The molecule has 2 aliphatic heterocycles. The average molecular weight is 292 g/mol. The zero-order valence-corrected chi connectivity index (χ0v) is 13.2. The van der Waals surface area contributed by atoms with E-state index in [1.165, 1.54) is 32.4 Å². The third-order valence-corrected chi connectivity index (χ3v) is 4.87. The van der Waals surface area contributed by atoms with Gasteiger partial charge in [0.1, 0.15) is 5.76 Å². The van der Waals surface area contributed by atoms with E-state index in [0.717, 1.165) is 38.6 Å². The van der Waals surface area contributed by atoms with Crippen molar-refractivity contribution in [3.05, 3.63) is 24.2 Å². The molecule has 0 N–H and O–H groups in total. The Balaban J connectivity index is 1.59. The molecule has 4 nitrogen and oxygen atoms in total. The van der Waals surface area contributed by atoms with Crippen LogP contribution in [0.2, 0.25) is 0 Å². The maximum absolute atomic E-state index is 5.56. The van der Waals surface area contributed by atoms with Crippen molar-refractivity contribution in [3.63, 3.8) is 0 Å². The molecular formula is C17H28N2O2. The molecule has 2 saturated heterocycles. The first kappa shape index (κ1) is 15.1. The lowest BCUT2D eigenvalue weighted by Crippen LogP contribution is -2.41. The predicted molar refractivity (Wildman–Crippen MR) is 83.2 cm³/mol. The smallest absolute Gasteiger partial charge is 0.117 e. The summed E-state index contributed by atoms with van der Waals surface area (Å²) in [5, 5.41) is 0. The molecule has 2 fully saturated rings. The summed E-state index contributed by atoms with van der Waals surface area (Å²) in [5.74, 6) is 1.77. The van der Waals surface area contributed by atoms with E-state index in [1.54, 1.807) is 6.26 Å². The largest absolute Gasteiger partial charge is 0.468 e. The van der Waals surface area contributed by atoms with Crippen molar-refractivity contribution in [2.24, 2.45) is 5.92 Å². The van der Waals surface area contributed by atoms with E-state index in [4.69, 9.17) is 9.15 Å². The molecule has 0 amide bonds. The second-order valence-corrected chi connectivity index (χ2v) is 6.43. The summed E-state index contributed by atoms with van der Waals surface area (Å²) in [7, 11) is 0. The highest BCUT2D eigenvalue weighted by Gasteiger charge is 2.27. The first-order valence-electron chi connectivity index (χ1n) is 8.41. The Morgan fingerprint density at radius 2 is 2.29 bits per heavy atom. The lowest BCUT2D eigenvalue weighted by atomic mass is 10.1. The van der Waals surface area contributed by atoms with Crippen LogP contribution in [0.15, 0.2) is 22.8 Å². The Bertz CT molecular complexity index is 401. The van der Waals surface area contributed by atoms with Crippen molar-refractivity contribution in [2.75, 3.05) is 39.4 Å². The molecule has 1 aromatic rings. The summed E-state index contributed by atoms with van der Waals surface area (Å²) in [4.78, 5) is 5.21. The molecule has 0 bridgehead atoms. The van der Waals surface area contributed by atoms with Crippen molar-refractivity contribution < 1.29 is 9.15 Å². The lowest BCUT2D eigenvalue weighted by molar-refractivity contribution is 0.132. The number of hydrogen-bond acceptors (Lipinski definition) is 4. The number of rotatable bonds is 7. The van der Waals surface area contributed by atoms with E-state index in [2.05, 4.69) is 22.8 Å². The fourth-order valence-electron chi connectivity index (χ4n) is 3.74. The van der Waals surface area contributed by atoms with Crippen LogP contribution in [0.3, 0.4) is 0 Å². The van der Waals surface area contributed by atoms with Gasteiger partial charge in [0, 0.05) is 25.7 Å². The van der Waals surface area contributed by atoms with Crippen LogP contribution < -0.4 is 0 Å². The van der Waals surface area contributed by atoms with Crippen LogP contribution >= 0.6 is 0 Å². The van der Waals surface area contributed by atoms with Crippen molar-refractivity contribution in [2.45, 2.75) is 38.8 Å². The highest BCUT2D eigenvalue weighted by Crippen LogP contribution is 2.21. The van der Waals surface area contributed by atoms with Gasteiger partial charge in [-0.15, -0.1) is 0 Å². The molecule has 1 aromatic heterocycles. The number of nitrogens with zero attached hydrogens (tertiary/aromatic N) is 2. The molecule has 118 valence electrons. The van der Waals surface area contributed by atoms with E-state index in [1.807, 2.05) is 6.07 Å². The second kappa shape index (κ2) is 7.43. The molecule has 3 heterocycles. The topological polar surface area (TPSA) is 28.9 Å². The van der Waals surface area contributed by atoms with Crippen molar-refractivity contribution >= 4 is 0 Å². The first-order chi connectivity index (χ1) is 10.3. The quantitative estimate of drug-likeness (QED) is 0.772. The lowest BCUT2D eigenvalue weighted by Gasteiger charge is -2.31. The average Bonchev–Trinajstić information content (AvgIpc) is 3.20. The van der Waals surface area contributed by atoms with E-state index in [0.29, 0.717) is 12.0 Å². The van der Waals surface area contributed by atoms with Crippen molar-refractivity contribution in [3.8, 4) is 0 Å². The standard InChI is InChI=1S/C17H28N2O2/c1-2-19-8-3-5-16(19)12-18(11-15-7-10-20-14-15)13-17-6-4-9-21-17/h4,6,9,15-16H,2-3,5,7-8,10-14H2,1H3. The van der Waals surface area contributed by atoms with Crippen molar-refractivity contribution in [1.82, 2.24) is 9.80 Å². The molecule has 2 unspecified atom stereocenters. The molecule has 0 saturated carbocycles. The summed E-state index contributed by atoms with van der Waals surface area (Å²) in [6, 6.07) is 4.79. The van der Waals surface area contributed by atoms with Gasteiger partial charge in [0.05, 0.1) is 19.4 Å². The zero-order valence-electron chi connectivity index (χ0n) is 13.2. The molecule has 2 aliphatic rings. The van der Waals surface area contributed by atoms with Gasteiger partial charge in [0.15, 0.2) is 0 Å². The highest BCUT2D eigenvalue weighted by atomic mass is 16.5. The molecule has 0 aliphatic carbocycles. The third kappa shape index (κ3) is 4.09.